The highest BCUT2D eigenvalue weighted by molar-refractivity contribution is 5.01. The molecule has 0 bridgehead atoms. The minimum atomic E-state index is 0.366. The molecular weight excluding hydrogens is 222 g/mol. The maximum absolute atomic E-state index is 3.46. The smallest absolute Gasteiger partial charge is 0.0308 e. The Kier molecular flexibility index (Phi) is 5.05. The molecule has 2 heterocycles. The molecule has 0 aromatic heterocycles. The first-order valence-electron chi connectivity index (χ1n) is 7.86. The first-order chi connectivity index (χ1) is 8.66. The fraction of sp³-hybridized carbons (Fsp3) is 1.00. The molecule has 18 heavy (non-hydrogen) atoms. The number of rotatable bonds is 5. The monoisotopic (exact) mass is 253 g/mol. The molecule has 3 nitrogen and oxygen atoms in total. The van der Waals surface area contributed by atoms with Crippen LogP contribution in [-0.4, -0.2) is 60.6 Å². The maximum Gasteiger partial charge on any atom is 0.0308 e. The molecule has 2 rings (SSSR count). The summed E-state index contributed by atoms with van der Waals surface area (Å²) in [7, 11) is 0. The summed E-state index contributed by atoms with van der Waals surface area (Å²) in [4.78, 5) is 5.45. The Bertz CT molecular complexity index is 246. The van der Waals surface area contributed by atoms with Crippen molar-refractivity contribution >= 4 is 0 Å². The molecular formula is C15H31N3. The van der Waals surface area contributed by atoms with Crippen molar-refractivity contribution in [3.63, 3.8) is 0 Å². The molecule has 2 saturated heterocycles. The van der Waals surface area contributed by atoms with Gasteiger partial charge >= 0.3 is 0 Å². The third kappa shape index (κ3) is 3.06. The zero-order valence-corrected chi connectivity index (χ0v) is 12.5. The predicted octanol–water partition coefficient (Wildman–Crippen LogP) is 1.93. The van der Waals surface area contributed by atoms with E-state index in [0.717, 1.165) is 6.04 Å². The first-order valence-corrected chi connectivity index (χ1v) is 7.86. The van der Waals surface area contributed by atoms with Gasteiger partial charge in [-0.1, -0.05) is 19.8 Å². The minimum absolute atomic E-state index is 0.366. The van der Waals surface area contributed by atoms with Crippen LogP contribution in [0.2, 0.25) is 0 Å². The Labute approximate surface area is 113 Å². The largest absolute Gasteiger partial charge is 0.314 e. The molecule has 2 aliphatic heterocycles. The van der Waals surface area contributed by atoms with Gasteiger partial charge in [-0.2, -0.15) is 0 Å². The van der Waals surface area contributed by atoms with Gasteiger partial charge in [-0.05, 0) is 33.2 Å². The fourth-order valence-corrected chi connectivity index (χ4v) is 3.71. The summed E-state index contributed by atoms with van der Waals surface area (Å²) < 4.78 is 0. The third-order valence-corrected chi connectivity index (χ3v) is 4.93. The molecule has 2 fully saturated rings. The quantitative estimate of drug-likeness (QED) is 0.755. The minimum Gasteiger partial charge on any atom is -0.314 e. The van der Waals surface area contributed by atoms with E-state index in [-0.39, 0.29) is 0 Å². The van der Waals surface area contributed by atoms with E-state index < -0.39 is 0 Å². The molecule has 106 valence electrons. The highest BCUT2D eigenvalue weighted by Gasteiger charge is 2.43. The van der Waals surface area contributed by atoms with Crippen molar-refractivity contribution in [3.8, 4) is 0 Å². The molecule has 0 aliphatic carbocycles. The van der Waals surface area contributed by atoms with Crippen LogP contribution in [0, 0.1) is 0 Å². The molecule has 1 unspecified atom stereocenters. The standard InChI is InChI=1S/C15H31N3/c1-4-5-6-10-18-11-7-14(15(18,2)3)17-12-8-16-9-13-17/h14,16H,4-13H2,1-3H3. The molecule has 0 aromatic rings. The molecule has 3 heteroatoms. The number of piperazine rings is 1. The number of hydrogen-bond donors (Lipinski definition) is 1. The first kappa shape index (κ1) is 14.3. The van der Waals surface area contributed by atoms with Gasteiger partial charge in [0, 0.05) is 44.3 Å². The zero-order chi connectivity index (χ0) is 13.0. The van der Waals surface area contributed by atoms with Crippen molar-refractivity contribution in [2.75, 3.05) is 39.3 Å². The lowest BCUT2D eigenvalue weighted by atomic mass is 9.93. The van der Waals surface area contributed by atoms with Crippen LogP contribution in [0.1, 0.15) is 46.5 Å². The average Bonchev–Trinajstić information content (AvgIpc) is 2.66. The van der Waals surface area contributed by atoms with Crippen LogP contribution in [0.25, 0.3) is 0 Å². The Morgan fingerprint density at radius 2 is 1.83 bits per heavy atom. The Balaban J connectivity index is 1.89. The van der Waals surface area contributed by atoms with Gasteiger partial charge in [0.25, 0.3) is 0 Å². The van der Waals surface area contributed by atoms with Crippen molar-refractivity contribution in [1.82, 2.24) is 15.1 Å². The van der Waals surface area contributed by atoms with Crippen molar-refractivity contribution in [3.05, 3.63) is 0 Å². The van der Waals surface area contributed by atoms with Crippen LogP contribution in [0.4, 0.5) is 0 Å². The molecule has 2 aliphatic rings. The van der Waals surface area contributed by atoms with Crippen molar-refractivity contribution in [1.29, 1.82) is 0 Å². The van der Waals surface area contributed by atoms with Crippen LogP contribution in [-0.2, 0) is 0 Å². The molecule has 1 N–H and O–H groups in total. The summed E-state index contributed by atoms with van der Waals surface area (Å²) in [5, 5.41) is 3.46. The van der Waals surface area contributed by atoms with Gasteiger partial charge in [0.1, 0.15) is 0 Å². The van der Waals surface area contributed by atoms with Gasteiger partial charge in [0.2, 0.25) is 0 Å². The normalized spacial score (nSPS) is 29.8. The summed E-state index contributed by atoms with van der Waals surface area (Å²) >= 11 is 0. The summed E-state index contributed by atoms with van der Waals surface area (Å²) in [5.74, 6) is 0. The number of nitrogens with one attached hydrogen (secondary N) is 1. The van der Waals surface area contributed by atoms with E-state index in [2.05, 4.69) is 35.9 Å². The lowest BCUT2D eigenvalue weighted by Gasteiger charge is -2.43. The van der Waals surface area contributed by atoms with Crippen molar-refractivity contribution < 1.29 is 0 Å². The van der Waals surface area contributed by atoms with E-state index in [1.807, 2.05) is 0 Å². The van der Waals surface area contributed by atoms with E-state index in [1.54, 1.807) is 0 Å². The van der Waals surface area contributed by atoms with Gasteiger partial charge in [-0.15, -0.1) is 0 Å². The highest BCUT2D eigenvalue weighted by atomic mass is 15.3. The van der Waals surface area contributed by atoms with E-state index in [0.29, 0.717) is 5.54 Å². The van der Waals surface area contributed by atoms with Crippen molar-refractivity contribution in [2.24, 2.45) is 0 Å². The second-order valence-electron chi connectivity index (χ2n) is 6.44. The zero-order valence-electron chi connectivity index (χ0n) is 12.5. The SMILES string of the molecule is CCCCCN1CCC(N2CCNCC2)C1(C)C. The maximum atomic E-state index is 3.46. The summed E-state index contributed by atoms with van der Waals surface area (Å²) in [6.07, 6.45) is 5.44. The van der Waals surface area contributed by atoms with Crippen LogP contribution in [0.15, 0.2) is 0 Å². The molecule has 1 atom stereocenters. The number of unbranched alkanes of at least 4 members (excludes halogenated alkanes) is 2. The summed E-state index contributed by atoms with van der Waals surface area (Å²) in [6, 6.07) is 0.765. The fourth-order valence-electron chi connectivity index (χ4n) is 3.71. The van der Waals surface area contributed by atoms with Crippen LogP contribution < -0.4 is 5.32 Å². The van der Waals surface area contributed by atoms with E-state index in [1.165, 1.54) is 65.0 Å². The lowest BCUT2D eigenvalue weighted by Crippen LogP contribution is -2.57. The number of nitrogens with zero attached hydrogens (tertiary/aromatic N) is 2. The van der Waals surface area contributed by atoms with Crippen molar-refractivity contribution in [2.45, 2.75) is 58.0 Å². The average molecular weight is 253 g/mol. The second-order valence-corrected chi connectivity index (χ2v) is 6.44. The molecule has 0 radical (unpaired) electrons. The van der Waals surface area contributed by atoms with Gasteiger partial charge in [-0.25, -0.2) is 0 Å². The third-order valence-electron chi connectivity index (χ3n) is 4.93. The number of hydrogen-bond acceptors (Lipinski definition) is 3. The van der Waals surface area contributed by atoms with Gasteiger partial charge < -0.3 is 5.32 Å². The lowest BCUT2D eigenvalue weighted by molar-refractivity contribution is 0.0717. The Morgan fingerprint density at radius 1 is 1.11 bits per heavy atom. The molecule has 0 saturated carbocycles. The Morgan fingerprint density at radius 3 is 2.50 bits per heavy atom. The Hall–Kier alpha value is -0.120. The molecule has 0 spiro atoms. The molecule has 0 aromatic carbocycles. The van der Waals surface area contributed by atoms with Gasteiger partial charge in [-0.3, -0.25) is 9.80 Å². The van der Waals surface area contributed by atoms with Crippen LogP contribution in [0.3, 0.4) is 0 Å². The van der Waals surface area contributed by atoms with Crippen LogP contribution >= 0.6 is 0 Å². The van der Waals surface area contributed by atoms with Gasteiger partial charge in [0.05, 0.1) is 0 Å². The second kappa shape index (κ2) is 6.36. The topological polar surface area (TPSA) is 18.5 Å². The van der Waals surface area contributed by atoms with Crippen LogP contribution in [0.5, 0.6) is 0 Å². The van der Waals surface area contributed by atoms with E-state index in [4.69, 9.17) is 0 Å². The van der Waals surface area contributed by atoms with E-state index in [9.17, 15) is 0 Å². The van der Waals surface area contributed by atoms with E-state index >= 15 is 0 Å². The number of likely N-dealkylation sites (tertiary alicyclic amines) is 1. The molecule has 0 amide bonds. The highest BCUT2D eigenvalue weighted by Crippen LogP contribution is 2.33. The van der Waals surface area contributed by atoms with Gasteiger partial charge in [0.15, 0.2) is 0 Å². The predicted molar refractivity (Wildman–Crippen MR) is 78.0 cm³/mol. The summed E-state index contributed by atoms with van der Waals surface area (Å²) in [5.41, 5.74) is 0.366. The summed E-state index contributed by atoms with van der Waals surface area (Å²) in [6.45, 7) is 14.6.